The van der Waals surface area contributed by atoms with Crippen LogP contribution in [0.5, 0.6) is 0 Å². The van der Waals surface area contributed by atoms with Crippen LogP contribution >= 0.6 is 7.60 Å². The second-order valence-corrected chi connectivity index (χ2v) is 5.65. The minimum absolute atomic E-state index is 0.313. The zero-order valence-electron chi connectivity index (χ0n) is 11.7. The summed E-state index contributed by atoms with van der Waals surface area (Å²) in [6.07, 6.45) is 1.47. The van der Waals surface area contributed by atoms with Gasteiger partial charge in [-0.15, -0.1) is 0 Å². The van der Waals surface area contributed by atoms with Crippen LogP contribution in [0.1, 0.15) is 26.3 Å². The molecule has 0 atom stereocenters. The summed E-state index contributed by atoms with van der Waals surface area (Å²) >= 11 is 0. The van der Waals surface area contributed by atoms with E-state index in [9.17, 15) is 4.57 Å². The number of ether oxygens (including phenoxy) is 1. The fraction of sp³-hybridized carbons (Fsp3) is 0.429. The van der Waals surface area contributed by atoms with Crippen molar-refractivity contribution in [2.45, 2.75) is 20.8 Å². The largest absolute Gasteiger partial charge is 0.501 e. The summed E-state index contributed by atoms with van der Waals surface area (Å²) in [6, 6.07) is 9.36. The lowest BCUT2D eigenvalue weighted by Crippen LogP contribution is -1.99. The van der Waals surface area contributed by atoms with E-state index in [0.717, 1.165) is 5.56 Å². The fourth-order valence-electron chi connectivity index (χ4n) is 1.58. The molecule has 1 aromatic carbocycles. The molecule has 5 heteroatoms. The van der Waals surface area contributed by atoms with Gasteiger partial charge in [-0.2, -0.15) is 0 Å². The maximum atomic E-state index is 12.8. The molecule has 0 bridgehead atoms. The Morgan fingerprint density at radius 3 is 2.11 bits per heavy atom. The Morgan fingerprint density at radius 2 is 1.63 bits per heavy atom. The van der Waals surface area contributed by atoms with E-state index in [2.05, 4.69) is 0 Å². The molecule has 1 rings (SSSR count). The molecule has 106 valence electrons. The van der Waals surface area contributed by atoms with Crippen molar-refractivity contribution in [3.63, 3.8) is 0 Å². The summed E-state index contributed by atoms with van der Waals surface area (Å²) in [5.41, 5.74) is 0.779. The Bertz CT molecular complexity index is 432. The van der Waals surface area contributed by atoms with E-state index in [1.165, 1.54) is 6.26 Å². The molecule has 4 nitrogen and oxygen atoms in total. The molecule has 0 fully saturated rings. The highest BCUT2D eigenvalue weighted by Crippen LogP contribution is 2.60. The average molecular weight is 284 g/mol. The van der Waals surface area contributed by atoms with Gasteiger partial charge in [0.25, 0.3) is 0 Å². The summed E-state index contributed by atoms with van der Waals surface area (Å²) in [4.78, 5) is 0. The van der Waals surface area contributed by atoms with Crippen LogP contribution in [0.3, 0.4) is 0 Å². The highest BCUT2D eigenvalue weighted by molar-refractivity contribution is 7.65. The molecule has 0 radical (unpaired) electrons. The Kier molecular flexibility index (Phi) is 6.85. The zero-order chi connectivity index (χ0) is 14.1. The molecule has 0 aliphatic rings. The van der Waals surface area contributed by atoms with E-state index in [1.807, 2.05) is 37.3 Å². The molecule has 1 aromatic rings. The molecular weight excluding hydrogens is 263 g/mol. The monoisotopic (exact) mass is 284 g/mol. The predicted molar refractivity (Wildman–Crippen MR) is 76.9 cm³/mol. The molecule has 0 saturated carbocycles. The third-order valence-corrected chi connectivity index (χ3v) is 4.47. The van der Waals surface area contributed by atoms with E-state index < -0.39 is 7.60 Å². The van der Waals surface area contributed by atoms with Crippen LogP contribution < -0.4 is 0 Å². The van der Waals surface area contributed by atoms with E-state index >= 15 is 0 Å². The van der Waals surface area contributed by atoms with Crippen molar-refractivity contribution in [3.8, 4) is 0 Å². The number of rotatable bonds is 8. The van der Waals surface area contributed by atoms with Gasteiger partial charge in [0.05, 0.1) is 26.1 Å². The maximum Gasteiger partial charge on any atom is 0.365 e. The predicted octanol–water partition coefficient (Wildman–Crippen LogP) is 4.29. The molecule has 0 spiro atoms. The molecule has 0 N–H and O–H groups in total. The van der Waals surface area contributed by atoms with Gasteiger partial charge >= 0.3 is 7.60 Å². The van der Waals surface area contributed by atoms with E-state index in [4.69, 9.17) is 13.8 Å². The highest BCUT2D eigenvalue weighted by atomic mass is 31.2. The molecule has 0 saturated heterocycles. The number of hydrogen-bond acceptors (Lipinski definition) is 4. The zero-order valence-corrected chi connectivity index (χ0v) is 12.6. The van der Waals surface area contributed by atoms with Crippen molar-refractivity contribution in [1.82, 2.24) is 0 Å². The van der Waals surface area contributed by atoms with E-state index in [-0.39, 0.29) is 0 Å². The number of benzene rings is 1. The summed E-state index contributed by atoms with van der Waals surface area (Å²) < 4.78 is 28.9. The van der Waals surface area contributed by atoms with E-state index in [0.29, 0.717) is 25.1 Å². The van der Waals surface area contributed by atoms with Crippen LogP contribution in [0.2, 0.25) is 0 Å². The van der Waals surface area contributed by atoms with Crippen molar-refractivity contribution in [2.75, 3.05) is 19.8 Å². The van der Waals surface area contributed by atoms with Gasteiger partial charge in [-0.1, -0.05) is 30.3 Å². The van der Waals surface area contributed by atoms with Gasteiger partial charge in [0.2, 0.25) is 0 Å². The Labute approximate surface area is 114 Å². The molecule has 0 unspecified atom stereocenters. The second kappa shape index (κ2) is 8.16. The topological polar surface area (TPSA) is 44.8 Å². The first-order chi connectivity index (χ1) is 9.18. The summed E-state index contributed by atoms with van der Waals surface area (Å²) in [7, 11) is -3.34. The van der Waals surface area contributed by atoms with Crippen LogP contribution in [-0.2, 0) is 18.3 Å². The molecular formula is C14H21O4P. The van der Waals surface area contributed by atoms with Crippen molar-refractivity contribution in [1.29, 1.82) is 0 Å². The van der Waals surface area contributed by atoms with Crippen LogP contribution in [0.15, 0.2) is 36.6 Å². The normalized spacial score (nSPS) is 12.5. The minimum Gasteiger partial charge on any atom is -0.501 e. The highest BCUT2D eigenvalue weighted by Gasteiger charge is 2.31. The summed E-state index contributed by atoms with van der Waals surface area (Å²) in [5, 5.41) is 0.457. The van der Waals surface area contributed by atoms with Gasteiger partial charge in [0.15, 0.2) is 0 Å². The van der Waals surface area contributed by atoms with Crippen molar-refractivity contribution >= 4 is 12.9 Å². The smallest absolute Gasteiger partial charge is 0.365 e. The van der Waals surface area contributed by atoms with Gasteiger partial charge in [-0.25, -0.2) is 0 Å². The third kappa shape index (κ3) is 4.50. The second-order valence-electron chi connectivity index (χ2n) is 3.66. The maximum absolute atomic E-state index is 12.8. The first-order valence-electron chi connectivity index (χ1n) is 6.44. The standard InChI is InChI=1S/C14H21O4P/c1-4-16-12-14(13-10-8-7-9-11-13)19(15,17-5-2)18-6-3/h7-12H,4-6H2,1-3H3/b14-12+. The first-order valence-corrected chi connectivity index (χ1v) is 7.99. The lowest BCUT2D eigenvalue weighted by molar-refractivity contribution is 0.228. The lowest BCUT2D eigenvalue weighted by atomic mass is 10.2. The van der Waals surface area contributed by atoms with Crippen LogP contribution in [0.4, 0.5) is 0 Å². The third-order valence-electron chi connectivity index (χ3n) is 2.32. The van der Waals surface area contributed by atoms with Gasteiger partial charge in [-0.05, 0) is 26.3 Å². The Hall–Kier alpha value is -1.09. The molecule has 0 heterocycles. The van der Waals surface area contributed by atoms with Crippen molar-refractivity contribution in [3.05, 3.63) is 42.2 Å². The average Bonchev–Trinajstić information content (AvgIpc) is 2.41. The van der Waals surface area contributed by atoms with Crippen LogP contribution in [0.25, 0.3) is 5.31 Å². The van der Waals surface area contributed by atoms with Gasteiger partial charge in [-0.3, -0.25) is 4.57 Å². The van der Waals surface area contributed by atoms with Gasteiger partial charge in [0, 0.05) is 0 Å². The molecule has 19 heavy (non-hydrogen) atoms. The molecule has 0 aromatic heterocycles. The molecule has 0 amide bonds. The van der Waals surface area contributed by atoms with Gasteiger partial charge < -0.3 is 13.8 Å². The summed E-state index contributed by atoms with van der Waals surface area (Å²) in [5.74, 6) is 0. The lowest BCUT2D eigenvalue weighted by Gasteiger charge is -2.20. The number of hydrogen-bond donors (Lipinski definition) is 0. The fourth-order valence-corrected chi connectivity index (χ4v) is 3.28. The minimum atomic E-state index is -3.34. The molecule has 0 aliphatic carbocycles. The SMILES string of the molecule is CCO/C=C(\c1ccccc1)P(=O)(OCC)OCC. The van der Waals surface area contributed by atoms with Gasteiger partial charge in [0.1, 0.15) is 5.31 Å². The Morgan fingerprint density at radius 1 is 1.05 bits per heavy atom. The van der Waals surface area contributed by atoms with Crippen LogP contribution in [0, 0.1) is 0 Å². The van der Waals surface area contributed by atoms with Crippen molar-refractivity contribution < 1.29 is 18.3 Å². The Balaban J connectivity index is 3.18. The van der Waals surface area contributed by atoms with E-state index in [1.54, 1.807) is 13.8 Å². The first kappa shape index (κ1) is 16.0. The quantitative estimate of drug-likeness (QED) is 0.527. The van der Waals surface area contributed by atoms with Crippen molar-refractivity contribution in [2.24, 2.45) is 0 Å². The molecule has 0 aliphatic heterocycles. The summed E-state index contributed by atoms with van der Waals surface area (Å²) in [6.45, 7) is 6.56. The van der Waals surface area contributed by atoms with Crippen LogP contribution in [-0.4, -0.2) is 19.8 Å².